The van der Waals surface area contributed by atoms with Crippen LogP contribution >= 0.6 is 0 Å². The van der Waals surface area contributed by atoms with E-state index in [9.17, 15) is 4.79 Å². The van der Waals surface area contributed by atoms with Crippen LogP contribution in [0.5, 0.6) is 0 Å². The minimum atomic E-state index is -0.0428. The highest BCUT2D eigenvalue weighted by Gasteiger charge is 2.44. The third kappa shape index (κ3) is 2.38. The highest BCUT2D eigenvalue weighted by atomic mass is 16.2. The molecule has 16 heavy (non-hydrogen) atoms. The van der Waals surface area contributed by atoms with Gasteiger partial charge in [-0.05, 0) is 34.7 Å². The van der Waals surface area contributed by atoms with Crippen molar-refractivity contribution >= 4 is 5.91 Å². The second kappa shape index (κ2) is 4.72. The van der Waals surface area contributed by atoms with Crippen LogP contribution in [0, 0.1) is 0 Å². The molecule has 0 aliphatic carbocycles. The summed E-state index contributed by atoms with van der Waals surface area (Å²) < 4.78 is 0. The van der Waals surface area contributed by atoms with Gasteiger partial charge >= 0.3 is 0 Å². The fraction of sp³-hybridized carbons (Fsp3) is 0.917. The van der Waals surface area contributed by atoms with E-state index in [0.717, 1.165) is 6.54 Å². The van der Waals surface area contributed by atoms with Crippen LogP contribution in [0.15, 0.2) is 0 Å². The summed E-state index contributed by atoms with van der Waals surface area (Å²) in [6, 6.07) is 0.338. The number of hydrogen-bond acceptors (Lipinski definition) is 3. The first-order valence-corrected chi connectivity index (χ1v) is 5.99. The van der Waals surface area contributed by atoms with Crippen molar-refractivity contribution in [2.75, 3.05) is 27.2 Å². The maximum Gasteiger partial charge on any atom is 0.241 e. The Bertz CT molecular complexity index is 263. The predicted octanol–water partition coefficient (Wildman–Crippen LogP) is 0.535. The van der Waals surface area contributed by atoms with Crippen molar-refractivity contribution in [3.63, 3.8) is 0 Å². The molecule has 1 saturated heterocycles. The van der Waals surface area contributed by atoms with Gasteiger partial charge in [-0.25, -0.2) is 0 Å². The van der Waals surface area contributed by atoms with Gasteiger partial charge in [0.1, 0.15) is 6.04 Å². The normalized spacial score (nSPS) is 26.6. The highest BCUT2D eigenvalue weighted by Crippen LogP contribution is 2.27. The van der Waals surface area contributed by atoms with Crippen molar-refractivity contribution in [2.24, 2.45) is 0 Å². The third-order valence-electron chi connectivity index (χ3n) is 3.27. The van der Waals surface area contributed by atoms with Crippen LogP contribution in [0.2, 0.25) is 0 Å². The first-order chi connectivity index (χ1) is 7.31. The number of rotatable bonds is 3. The van der Waals surface area contributed by atoms with Gasteiger partial charge in [-0.1, -0.05) is 0 Å². The van der Waals surface area contributed by atoms with Gasteiger partial charge < -0.3 is 10.2 Å². The van der Waals surface area contributed by atoms with E-state index >= 15 is 0 Å². The number of likely N-dealkylation sites (N-methyl/N-ethyl adjacent to an activating group) is 2. The number of carbonyl (C=O) groups is 1. The predicted molar refractivity (Wildman–Crippen MR) is 66.4 cm³/mol. The molecule has 1 atom stereocenters. The van der Waals surface area contributed by atoms with E-state index in [4.69, 9.17) is 0 Å². The Labute approximate surface area is 99.0 Å². The smallest absolute Gasteiger partial charge is 0.241 e. The molecule has 1 amide bonds. The molecule has 4 heteroatoms. The quantitative estimate of drug-likeness (QED) is 0.764. The lowest BCUT2D eigenvalue weighted by Crippen LogP contribution is -2.69. The lowest BCUT2D eigenvalue weighted by Gasteiger charge is -2.52. The lowest BCUT2D eigenvalue weighted by atomic mass is 9.92. The number of nitrogens with one attached hydrogen (secondary N) is 1. The summed E-state index contributed by atoms with van der Waals surface area (Å²) >= 11 is 0. The molecule has 0 bridgehead atoms. The molecule has 1 aliphatic rings. The van der Waals surface area contributed by atoms with E-state index in [1.807, 2.05) is 19.0 Å². The summed E-state index contributed by atoms with van der Waals surface area (Å²) in [4.78, 5) is 16.3. The van der Waals surface area contributed by atoms with Gasteiger partial charge in [-0.2, -0.15) is 0 Å². The number of amides is 1. The molecule has 4 nitrogen and oxygen atoms in total. The van der Waals surface area contributed by atoms with E-state index in [1.165, 1.54) is 0 Å². The van der Waals surface area contributed by atoms with Crippen molar-refractivity contribution in [2.45, 2.75) is 45.3 Å². The van der Waals surface area contributed by atoms with Crippen LogP contribution in [-0.4, -0.2) is 60.5 Å². The van der Waals surface area contributed by atoms with Gasteiger partial charge in [-0.15, -0.1) is 0 Å². The van der Waals surface area contributed by atoms with Crippen molar-refractivity contribution in [3.8, 4) is 0 Å². The van der Waals surface area contributed by atoms with Crippen LogP contribution in [-0.2, 0) is 4.79 Å². The van der Waals surface area contributed by atoms with E-state index in [-0.39, 0.29) is 17.5 Å². The second-order valence-corrected chi connectivity index (χ2v) is 5.58. The van der Waals surface area contributed by atoms with Crippen LogP contribution in [0.1, 0.15) is 27.7 Å². The lowest BCUT2D eigenvalue weighted by molar-refractivity contribution is -0.150. The average Bonchev–Trinajstić information content (AvgIpc) is 2.12. The molecule has 0 aromatic carbocycles. The summed E-state index contributed by atoms with van der Waals surface area (Å²) in [5, 5.41) is 3.12. The van der Waals surface area contributed by atoms with E-state index in [1.54, 1.807) is 0 Å². The van der Waals surface area contributed by atoms with Crippen LogP contribution in [0.3, 0.4) is 0 Å². The molecule has 1 aliphatic heterocycles. The van der Waals surface area contributed by atoms with Crippen LogP contribution in [0.25, 0.3) is 0 Å². The first kappa shape index (κ1) is 13.5. The summed E-state index contributed by atoms with van der Waals surface area (Å²) in [6.07, 6.45) is 0. The van der Waals surface area contributed by atoms with E-state index < -0.39 is 0 Å². The number of piperazine rings is 1. The maximum atomic E-state index is 12.2. The molecule has 1 N–H and O–H groups in total. The molecule has 94 valence electrons. The Kier molecular flexibility index (Phi) is 3.97. The van der Waals surface area contributed by atoms with Crippen LogP contribution in [0.4, 0.5) is 0 Å². The zero-order valence-corrected chi connectivity index (χ0v) is 11.4. The van der Waals surface area contributed by atoms with Crippen molar-refractivity contribution in [1.82, 2.24) is 15.1 Å². The first-order valence-electron chi connectivity index (χ1n) is 5.99. The Balaban J connectivity index is 3.00. The second-order valence-electron chi connectivity index (χ2n) is 5.58. The zero-order valence-electron chi connectivity index (χ0n) is 11.4. The minimum absolute atomic E-state index is 0.0400. The van der Waals surface area contributed by atoms with Gasteiger partial charge in [0.05, 0.1) is 0 Å². The molecule has 1 rings (SSSR count). The molecule has 0 aromatic rings. The van der Waals surface area contributed by atoms with Crippen molar-refractivity contribution in [3.05, 3.63) is 0 Å². The topological polar surface area (TPSA) is 35.6 Å². The number of nitrogens with zero attached hydrogens (tertiary/aromatic N) is 2. The SMILES string of the molecule is CNCC1C(=O)N(C)CC(C)(C)N1C(C)C. The van der Waals surface area contributed by atoms with Gasteiger partial charge in [-0.3, -0.25) is 9.69 Å². The molecular formula is C12H25N3O. The Hall–Kier alpha value is -0.610. The summed E-state index contributed by atoms with van der Waals surface area (Å²) in [7, 11) is 3.79. The molecule has 1 fully saturated rings. The Morgan fingerprint density at radius 1 is 1.50 bits per heavy atom. The maximum absolute atomic E-state index is 12.2. The number of carbonyl (C=O) groups excluding carboxylic acids is 1. The monoisotopic (exact) mass is 227 g/mol. The molecule has 0 aromatic heterocycles. The summed E-state index contributed by atoms with van der Waals surface area (Å²) in [5.74, 6) is 0.224. The fourth-order valence-electron chi connectivity index (χ4n) is 2.97. The van der Waals surface area contributed by atoms with E-state index in [0.29, 0.717) is 12.6 Å². The molecular weight excluding hydrogens is 202 g/mol. The standard InChI is InChI=1S/C12H25N3O/c1-9(2)15-10(7-13-5)11(16)14(6)8-12(15,3)4/h9-10,13H,7-8H2,1-6H3. The largest absolute Gasteiger partial charge is 0.343 e. The Morgan fingerprint density at radius 2 is 2.06 bits per heavy atom. The van der Waals surface area contributed by atoms with Gasteiger partial charge in [0.25, 0.3) is 0 Å². The van der Waals surface area contributed by atoms with Gasteiger partial charge in [0, 0.05) is 31.7 Å². The van der Waals surface area contributed by atoms with E-state index in [2.05, 4.69) is 37.9 Å². The Morgan fingerprint density at radius 3 is 2.50 bits per heavy atom. The van der Waals surface area contributed by atoms with Crippen molar-refractivity contribution in [1.29, 1.82) is 0 Å². The molecule has 1 heterocycles. The van der Waals surface area contributed by atoms with Gasteiger partial charge in [0.15, 0.2) is 0 Å². The fourth-order valence-corrected chi connectivity index (χ4v) is 2.97. The highest BCUT2D eigenvalue weighted by molar-refractivity contribution is 5.83. The molecule has 0 saturated carbocycles. The number of hydrogen-bond donors (Lipinski definition) is 1. The molecule has 0 radical (unpaired) electrons. The average molecular weight is 227 g/mol. The van der Waals surface area contributed by atoms with Crippen LogP contribution < -0.4 is 5.32 Å². The van der Waals surface area contributed by atoms with Gasteiger partial charge in [0.2, 0.25) is 5.91 Å². The zero-order chi connectivity index (χ0) is 12.5. The summed E-state index contributed by atoms with van der Waals surface area (Å²) in [6.45, 7) is 10.2. The summed E-state index contributed by atoms with van der Waals surface area (Å²) in [5.41, 5.74) is 0.0400. The molecule has 1 unspecified atom stereocenters. The third-order valence-corrected chi connectivity index (χ3v) is 3.27. The molecule has 0 spiro atoms. The minimum Gasteiger partial charge on any atom is -0.343 e. The van der Waals surface area contributed by atoms with Crippen molar-refractivity contribution < 1.29 is 4.79 Å².